The highest BCUT2D eigenvalue weighted by atomic mass is 16.5. The molecule has 0 N–H and O–H groups in total. The first-order valence-electron chi connectivity index (χ1n) is 6.86. The van der Waals surface area contributed by atoms with Crippen LogP contribution in [0.4, 0.5) is 0 Å². The van der Waals surface area contributed by atoms with Crippen molar-refractivity contribution in [2.24, 2.45) is 28.6 Å². The number of carbonyl (C=O) groups excluding carboxylic acids is 2. The molecular weight excluding hydrogens is 240 g/mol. The number of rotatable bonds is 1. The van der Waals surface area contributed by atoms with E-state index in [1.165, 1.54) is 7.11 Å². The average Bonchev–Trinajstić information content (AvgIpc) is 2.84. The monoisotopic (exact) mass is 260 g/mol. The highest BCUT2D eigenvalue weighted by Gasteiger charge is 2.64. The lowest BCUT2D eigenvalue weighted by atomic mass is 9.44. The van der Waals surface area contributed by atoms with Crippen LogP contribution >= 0.6 is 0 Å². The summed E-state index contributed by atoms with van der Waals surface area (Å²) in [5.74, 6) is 0.560. The molecule has 0 spiro atoms. The molecule has 3 nitrogen and oxygen atoms in total. The van der Waals surface area contributed by atoms with Gasteiger partial charge >= 0.3 is 5.97 Å². The van der Waals surface area contributed by atoms with E-state index < -0.39 is 10.8 Å². The van der Waals surface area contributed by atoms with E-state index in [-0.39, 0.29) is 23.6 Å². The molecule has 4 aliphatic rings. The van der Waals surface area contributed by atoms with Crippen LogP contribution in [0.25, 0.3) is 0 Å². The van der Waals surface area contributed by atoms with Crippen molar-refractivity contribution >= 4 is 11.8 Å². The summed E-state index contributed by atoms with van der Waals surface area (Å²) in [6.07, 6.45) is 7.16. The summed E-state index contributed by atoms with van der Waals surface area (Å²) < 4.78 is 4.93. The minimum atomic E-state index is -0.556. The molecule has 0 radical (unpaired) electrons. The maximum Gasteiger partial charge on any atom is 0.333 e. The van der Waals surface area contributed by atoms with E-state index in [9.17, 15) is 9.59 Å². The van der Waals surface area contributed by atoms with Crippen molar-refractivity contribution in [2.45, 2.75) is 27.2 Å². The first-order chi connectivity index (χ1) is 8.84. The van der Waals surface area contributed by atoms with Gasteiger partial charge in [-0.05, 0) is 25.2 Å². The Balaban J connectivity index is 2.21. The Bertz CT molecular complexity index is 526. The minimum Gasteiger partial charge on any atom is -0.466 e. The fourth-order valence-corrected chi connectivity index (χ4v) is 4.68. The Morgan fingerprint density at radius 3 is 2.68 bits per heavy atom. The summed E-state index contributed by atoms with van der Waals surface area (Å²) in [6.45, 7) is 5.92. The van der Waals surface area contributed by atoms with Crippen LogP contribution in [0, 0.1) is 28.6 Å². The van der Waals surface area contributed by atoms with Crippen molar-refractivity contribution in [3.63, 3.8) is 0 Å². The number of ether oxygens (including phenoxy) is 1. The van der Waals surface area contributed by atoms with Crippen LogP contribution in [0.5, 0.6) is 0 Å². The number of hydrogen-bond donors (Lipinski definition) is 0. The van der Waals surface area contributed by atoms with Gasteiger partial charge in [0.15, 0.2) is 0 Å². The van der Waals surface area contributed by atoms with Gasteiger partial charge in [-0.15, -0.1) is 0 Å². The number of hydrogen-bond acceptors (Lipinski definition) is 3. The van der Waals surface area contributed by atoms with Crippen molar-refractivity contribution in [1.82, 2.24) is 0 Å². The number of fused-ring (bicyclic) bond motifs is 1. The number of ketones is 1. The van der Waals surface area contributed by atoms with Gasteiger partial charge in [0.05, 0.1) is 12.5 Å². The average molecular weight is 260 g/mol. The van der Waals surface area contributed by atoms with Crippen LogP contribution in [0.2, 0.25) is 0 Å². The molecule has 0 amide bonds. The molecule has 3 heteroatoms. The summed E-state index contributed by atoms with van der Waals surface area (Å²) >= 11 is 0. The quantitative estimate of drug-likeness (QED) is 0.537. The van der Waals surface area contributed by atoms with Crippen LogP contribution in [0.3, 0.4) is 0 Å². The van der Waals surface area contributed by atoms with Gasteiger partial charge in [0.1, 0.15) is 5.78 Å². The van der Waals surface area contributed by atoms with Crippen LogP contribution in [0.1, 0.15) is 27.2 Å². The van der Waals surface area contributed by atoms with Crippen LogP contribution in [-0.2, 0) is 14.3 Å². The molecule has 1 fully saturated rings. The van der Waals surface area contributed by atoms with Gasteiger partial charge in [0, 0.05) is 16.9 Å². The Kier molecular flexibility index (Phi) is 2.39. The zero-order valence-corrected chi connectivity index (χ0v) is 11.9. The predicted octanol–water partition coefficient (Wildman–Crippen LogP) is 2.52. The number of Topliss-reactive ketones (excluding diaryl/α,β-unsaturated/α-hetero) is 1. The van der Waals surface area contributed by atoms with Gasteiger partial charge in [-0.3, -0.25) is 4.79 Å². The zero-order chi connectivity index (χ0) is 14.0. The third-order valence-corrected chi connectivity index (χ3v) is 5.40. The summed E-state index contributed by atoms with van der Waals surface area (Å²) in [7, 11) is 1.41. The van der Waals surface area contributed by atoms with Crippen molar-refractivity contribution in [3.8, 4) is 0 Å². The van der Waals surface area contributed by atoms with Gasteiger partial charge in [-0.25, -0.2) is 4.79 Å². The molecule has 19 heavy (non-hydrogen) atoms. The molecule has 0 aliphatic heterocycles. The number of allylic oxidation sites excluding steroid dienone is 3. The third-order valence-electron chi connectivity index (χ3n) is 5.40. The fraction of sp³-hybridized carbons (Fsp3) is 0.625. The second kappa shape index (κ2) is 3.59. The molecule has 4 atom stereocenters. The predicted molar refractivity (Wildman–Crippen MR) is 71.2 cm³/mol. The molecule has 4 rings (SSSR count). The highest BCUT2D eigenvalue weighted by molar-refractivity contribution is 6.01. The Hall–Kier alpha value is -1.38. The lowest BCUT2D eigenvalue weighted by Crippen LogP contribution is -2.60. The van der Waals surface area contributed by atoms with Crippen LogP contribution < -0.4 is 0 Å². The van der Waals surface area contributed by atoms with E-state index in [0.29, 0.717) is 11.5 Å². The van der Waals surface area contributed by atoms with Crippen molar-refractivity contribution in [2.75, 3.05) is 7.11 Å². The largest absolute Gasteiger partial charge is 0.466 e. The molecule has 1 saturated carbocycles. The molecule has 0 saturated heterocycles. The first-order valence-corrected chi connectivity index (χ1v) is 6.86. The molecule has 2 bridgehead atoms. The second-order valence-electron chi connectivity index (χ2n) is 6.76. The Morgan fingerprint density at radius 1 is 1.37 bits per heavy atom. The van der Waals surface area contributed by atoms with Gasteiger partial charge in [0.25, 0.3) is 0 Å². The van der Waals surface area contributed by atoms with Gasteiger partial charge < -0.3 is 4.74 Å². The van der Waals surface area contributed by atoms with E-state index in [4.69, 9.17) is 4.74 Å². The lowest BCUT2D eigenvalue weighted by Gasteiger charge is -2.56. The standard InChI is InChI=1S/C16H20O3/c1-15(2)12-9-6-5-7-11(9)16(3,14(15)18)8-10(12)13(17)19-4/h5,7-9,11-12H,6H2,1-4H3/t9?,11?,12-,16+/m0/s1. The summed E-state index contributed by atoms with van der Waals surface area (Å²) in [5.41, 5.74) is -0.334. The molecule has 0 aromatic heterocycles. The van der Waals surface area contributed by atoms with Gasteiger partial charge in [-0.1, -0.05) is 32.1 Å². The van der Waals surface area contributed by atoms with Crippen molar-refractivity contribution < 1.29 is 14.3 Å². The lowest BCUT2D eigenvalue weighted by molar-refractivity contribution is -0.153. The smallest absolute Gasteiger partial charge is 0.333 e. The maximum atomic E-state index is 12.8. The molecule has 102 valence electrons. The zero-order valence-electron chi connectivity index (χ0n) is 11.9. The number of carbonyl (C=O) groups is 2. The van der Waals surface area contributed by atoms with E-state index >= 15 is 0 Å². The summed E-state index contributed by atoms with van der Waals surface area (Å²) in [5, 5.41) is 0. The van der Waals surface area contributed by atoms with Gasteiger partial charge in [-0.2, -0.15) is 0 Å². The summed E-state index contributed by atoms with van der Waals surface area (Å²) in [4.78, 5) is 24.9. The molecule has 2 unspecified atom stereocenters. The third kappa shape index (κ3) is 1.33. The van der Waals surface area contributed by atoms with E-state index in [0.717, 1.165) is 6.42 Å². The van der Waals surface area contributed by atoms with Crippen LogP contribution in [-0.4, -0.2) is 18.9 Å². The van der Waals surface area contributed by atoms with E-state index in [1.54, 1.807) is 0 Å². The SMILES string of the molecule is COC(=O)C1=C[C@@]2(C)C(=O)C(C)(C)[C@H]1C1CC=CC12. The van der Waals surface area contributed by atoms with E-state index in [2.05, 4.69) is 12.2 Å². The highest BCUT2D eigenvalue weighted by Crippen LogP contribution is 2.63. The number of methoxy groups -OCH3 is 1. The molecule has 0 heterocycles. The topological polar surface area (TPSA) is 43.4 Å². The molecule has 0 aromatic rings. The Labute approximate surface area is 113 Å². The van der Waals surface area contributed by atoms with Gasteiger partial charge in [0.2, 0.25) is 0 Å². The number of esters is 1. The maximum absolute atomic E-state index is 12.8. The van der Waals surface area contributed by atoms with E-state index in [1.807, 2.05) is 26.8 Å². The molecule has 0 aromatic carbocycles. The van der Waals surface area contributed by atoms with Crippen molar-refractivity contribution in [1.29, 1.82) is 0 Å². The molecule has 4 aliphatic carbocycles. The Morgan fingerprint density at radius 2 is 2.05 bits per heavy atom. The first kappa shape index (κ1) is 12.6. The normalized spacial score (nSPS) is 42.0. The minimum absolute atomic E-state index is 0.0192. The fourth-order valence-electron chi connectivity index (χ4n) is 4.68. The van der Waals surface area contributed by atoms with Crippen molar-refractivity contribution in [3.05, 3.63) is 23.8 Å². The van der Waals surface area contributed by atoms with Crippen LogP contribution in [0.15, 0.2) is 23.8 Å². The molecular formula is C16H20O3. The second-order valence-corrected chi connectivity index (χ2v) is 6.76. The summed E-state index contributed by atoms with van der Waals surface area (Å²) in [6, 6.07) is 0.